The van der Waals surface area contributed by atoms with Crippen LogP contribution in [0.15, 0.2) is 9.98 Å². The van der Waals surface area contributed by atoms with Gasteiger partial charge in [-0.1, -0.05) is 11.6 Å². The topological polar surface area (TPSA) is 58.0 Å². The lowest BCUT2D eigenvalue weighted by Gasteiger charge is -2.36. The smallest absolute Gasteiger partial charge is 0.237 e. The first kappa shape index (κ1) is 10.2. The molecular formula is C7H10Cl2N4O. The van der Waals surface area contributed by atoms with Crippen LogP contribution >= 0.6 is 23.2 Å². The van der Waals surface area contributed by atoms with Crippen LogP contribution in [0.4, 0.5) is 0 Å². The third kappa shape index (κ3) is 2.00. The van der Waals surface area contributed by atoms with Crippen LogP contribution in [0.25, 0.3) is 0 Å². The molecule has 0 aromatic rings. The molecule has 78 valence electrons. The summed E-state index contributed by atoms with van der Waals surface area (Å²) < 4.78 is 5.48. The summed E-state index contributed by atoms with van der Waals surface area (Å²) in [5.74, 6) is 0. The van der Waals surface area contributed by atoms with Crippen molar-refractivity contribution in [3.05, 3.63) is 0 Å². The van der Waals surface area contributed by atoms with Gasteiger partial charge in [0, 0.05) is 13.1 Å². The normalized spacial score (nSPS) is 37.6. The van der Waals surface area contributed by atoms with E-state index >= 15 is 0 Å². The Bertz CT molecular complexity index is 277. The molecule has 0 amide bonds. The number of morpholine rings is 1. The van der Waals surface area contributed by atoms with E-state index in [0.717, 1.165) is 6.54 Å². The van der Waals surface area contributed by atoms with E-state index in [9.17, 15) is 0 Å². The van der Waals surface area contributed by atoms with Gasteiger partial charge in [-0.15, -0.1) is 0 Å². The molecule has 2 unspecified atom stereocenters. The number of ether oxygens (including phenoxy) is 1. The molecule has 1 fully saturated rings. The predicted molar refractivity (Wildman–Crippen MR) is 56.1 cm³/mol. The first-order valence-electron chi connectivity index (χ1n) is 4.27. The zero-order chi connectivity index (χ0) is 10.0. The standard InChI is InChI=1S/C7H10Cl2N4O/c8-6-11-4-12-7(9,13-6)5-3-10-1-2-14-5/h4-5,10H,1-3H2,(H,11,12,13). The minimum Gasteiger partial charge on any atom is -0.370 e. The van der Waals surface area contributed by atoms with Gasteiger partial charge in [0.2, 0.25) is 5.12 Å². The van der Waals surface area contributed by atoms with E-state index in [2.05, 4.69) is 20.6 Å². The summed E-state index contributed by atoms with van der Waals surface area (Å²) in [4.78, 5) is 7.77. The summed E-state index contributed by atoms with van der Waals surface area (Å²) >= 11 is 11.9. The summed E-state index contributed by atoms with van der Waals surface area (Å²) in [6.07, 6.45) is 1.09. The SMILES string of the molecule is ClC1=NC=NC(Cl)(C2CNCCO2)N1. The minimum absolute atomic E-state index is 0.226. The van der Waals surface area contributed by atoms with Crippen molar-refractivity contribution in [2.75, 3.05) is 19.7 Å². The lowest BCUT2D eigenvalue weighted by Crippen LogP contribution is -2.58. The molecule has 2 heterocycles. The van der Waals surface area contributed by atoms with Crippen LogP contribution in [0.3, 0.4) is 0 Å². The molecule has 2 N–H and O–H groups in total. The molecule has 0 radical (unpaired) electrons. The first-order chi connectivity index (χ1) is 6.71. The van der Waals surface area contributed by atoms with Crippen molar-refractivity contribution in [1.82, 2.24) is 10.6 Å². The Labute approximate surface area is 91.5 Å². The van der Waals surface area contributed by atoms with Crippen LogP contribution in [0.1, 0.15) is 0 Å². The van der Waals surface area contributed by atoms with E-state index in [1.807, 2.05) is 0 Å². The maximum atomic E-state index is 6.21. The van der Waals surface area contributed by atoms with Crippen molar-refractivity contribution in [2.24, 2.45) is 9.98 Å². The van der Waals surface area contributed by atoms with E-state index in [4.69, 9.17) is 27.9 Å². The zero-order valence-electron chi connectivity index (χ0n) is 7.33. The Morgan fingerprint density at radius 1 is 1.64 bits per heavy atom. The quantitative estimate of drug-likeness (QED) is 0.502. The van der Waals surface area contributed by atoms with Gasteiger partial charge in [-0.05, 0) is 11.6 Å². The number of aliphatic imine (C=N–C) groups is 2. The second-order valence-corrected chi connectivity index (χ2v) is 3.96. The van der Waals surface area contributed by atoms with E-state index in [0.29, 0.717) is 13.2 Å². The van der Waals surface area contributed by atoms with Gasteiger partial charge in [0.25, 0.3) is 0 Å². The van der Waals surface area contributed by atoms with E-state index < -0.39 is 5.12 Å². The molecule has 7 heteroatoms. The van der Waals surface area contributed by atoms with Crippen molar-refractivity contribution in [2.45, 2.75) is 11.2 Å². The molecule has 5 nitrogen and oxygen atoms in total. The Morgan fingerprint density at radius 2 is 2.50 bits per heavy atom. The highest BCUT2D eigenvalue weighted by molar-refractivity contribution is 6.65. The maximum Gasteiger partial charge on any atom is 0.237 e. The fourth-order valence-corrected chi connectivity index (χ4v) is 1.86. The number of alkyl halides is 1. The Hall–Kier alpha value is -0.360. The van der Waals surface area contributed by atoms with Gasteiger partial charge in [0.1, 0.15) is 12.4 Å². The Morgan fingerprint density at radius 3 is 3.14 bits per heavy atom. The highest BCUT2D eigenvalue weighted by atomic mass is 35.5. The minimum atomic E-state index is -1.04. The van der Waals surface area contributed by atoms with Crippen molar-refractivity contribution in [1.29, 1.82) is 0 Å². The third-order valence-corrected chi connectivity index (χ3v) is 2.68. The van der Waals surface area contributed by atoms with Gasteiger partial charge >= 0.3 is 0 Å². The molecule has 1 saturated heterocycles. The molecule has 2 aliphatic rings. The van der Waals surface area contributed by atoms with Crippen molar-refractivity contribution in [3.8, 4) is 0 Å². The zero-order valence-corrected chi connectivity index (χ0v) is 8.85. The van der Waals surface area contributed by atoms with Crippen LogP contribution in [0.5, 0.6) is 0 Å². The van der Waals surface area contributed by atoms with E-state index in [-0.39, 0.29) is 11.4 Å². The van der Waals surface area contributed by atoms with Crippen molar-refractivity contribution < 1.29 is 4.74 Å². The summed E-state index contributed by atoms with van der Waals surface area (Å²) in [6, 6.07) is 0. The number of amidine groups is 1. The molecule has 0 aromatic heterocycles. The van der Waals surface area contributed by atoms with Gasteiger partial charge in [0.15, 0.2) is 5.29 Å². The molecule has 2 aliphatic heterocycles. The first-order valence-corrected chi connectivity index (χ1v) is 5.03. The van der Waals surface area contributed by atoms with Crippen molar-refractivity contribution >= 4 is 34.8 Å². The number of nitrogens with zero attached hydrogens (tertiary/aromatic N) is 2. The molecule has 14 heavy (non-hydrogen) atoms. The number of hydrogen-bond acceptors (Lipinski definition) is 5. The average Bonchev–Trinajstić information content (AvgIpc) is 2.19. The predicted octanol–water partition coefficient (Wildman–Crippen LogP) is 0.0937. The average molecular weight is 237 g/mol. The lowest BCUT2D eigenvalue weighted by molar-refractivity contribution is -0.000942. The largest absolute Gasteiger partial charge is 0.370 e. The van der Waals surface area contributed by atoms with Gasteiger partial charge in [-0.2, -0.15) is 0 Å². The van der Waals surface area contributed by atoms with Gasteiger partial charge in [0.05, 0.1) is 6.61 Å². The second kappa shape index (κ2) is 4.02. The summed E-state index contributed by atoms with van der Waals surface area (Å²) in [6.45, 7) is 2.08. The van der Waals surface area contributed by atoms with Crippen LogP contribution < -0.4 is 10.6 Å². The van der Waals surface area contributed by atoms with Gasteiger partial charge in [-0.25, -0.2) is 9.98 Å². The van der Waals surface area contributed by atoms with Crippen molar-refractivity contribution in [3.63, 3.8) is 0 Å². The number of rotatable bonds is 1. The van der Waals surface area contributed by atoms with Crippen LogP contribution in [0, 0.1) is 0 Å². The number of nitrogens with one attached hydrogen (secondary N) is 2. The molecule has 0 aromatic carbocycles. The number of hydrogen-bond donors (Lipinski definition) is 2. The van der Waals surface area contributed by atoms with E-state index in [1.165, 1.54) is 6.34 Å². The molecule has 0 aliphatic carbocycles. The fourth-order valence-electron chi connectivity index (χ4n) is 1.35. The van der Waals surface area contributed by atoms with E-state index in [1.54, 1.807) is 0 Å². The highest BCUT2D eigenvalue weighted by Gasteiger charge is 2.40. The summed E-state index contributed by atoms with van der Waals surface area (Å²) in [5, 5.41) is 5.14. The highest BCUT2D eigenvalue weighted by Crippen LogP contribution is 2.24. The number of halogens is 2. The van der Waals surface area contributed by atoms with Gasteiger partial charge in [-0.3, -0.25) is 0 Å². The van der Waals surface area contributed by atoms with Gasteiger partial charge < -0.3 is 15.4 Å². The molecule has 2 rings (SSSR count). The molecule has 2 atom stereocenters. The third-order valence-electron chi connectivity index (χ3n) is 2.05. The fraction of sp³-hybridized carbons (Fsp3) is 0.714. The van der Waals surface area contributed by atoms with Crippen LogP contribution in [-0.2, 0) is 4.74 Å². The van der Waals surface area contributed by atoms with Crippen LogP contribution in [0.2, 0.25) is 0 Å². The van der Waals surface area contributed by atoms with Crippen LogP contribution in [-0.4, -0.2) is 42.6 Å². The summed E-state index contributed by atoms with van der Waals surface area (Å²) in [5.41, 5.74) is 0. The molecule has 0 saturated carbocycles. The summed E-state index contributed by atoms with van der Waals surface area (Å²) in [7, 11) is 0. The lowest BCUT2D eigenvalue weighted by atomic mass is 10.2. The molecule has 0 spiro atoms. The maximum absolute atomic E-state index is 6.21. The Balaban J connectivity index is 2.08. The molecular weight excluding hydrogens is 227 g/mol. The monoisotopic (exact) mass is 236 g/mol. The Kier molecular flexibility index (Phi) is 2.92. The molecule has 0 bridgehead atoms. The second-order valence-electron chi connectivity index (χ2n) is 3.03.